The molecule has 0 saturated carbocycles. The summed E-state index contributed by atoms with van der Waals surface area (Å²) in [6.07, 6.45) is -2.11. The van der Waals surface area contributed by atoms with Crippen LogP contribution in [0.15, 0.2) is 30.3 Å². The minimum atomic E-state index is -1.35. The Hall–Kier alpha value is -2.17. The van der Waals surface area contributed by atoms with Crippen LogP contribution in [0.4, 0.5) is 4.79 Å². The molecule has 1 aliphatic heterocycles. The smallest absolute Gasteiger partial charge is 0.418 e. The average Bonchev–Trinajstić information content (AvgIpc) is 2.65. The van der Waals surface area contributed by atoms with E-state index in [1.807, 2.05) is 0 Å². The predicted octanol–water partition coefficient (Wildman–Crippen LogP) is 1.63. The van der Waals surface area contributed by atoms with Crippen molar-refractivity contribution in [2.75, 3.05) is 0 Å². The molecule has 0 radical (unpaired) electrons. The van der Waals surface area contributed by atoms with Crippen LogP contribution in [0.2, 0.25) is 0 Å². The van der Waals surface area contributed by atoms with Crippen molar-refractivity contribution < 1.29 is 19.1 Å². The first kappa shape index (κ1) is 12.3. The fraction of sp³-hybridized carbons (Fsp3) is 0.308. The van der Waals surface area contributed by atoms with E-state index >= 15 is 0 Å². The van der Waals surface area contributed by atoms with Crippen LogP contribution in [-0.4, -0.2) is 34.8 Å². The van der Waals surface area contributed by atoms with Crippen molar-refractivity contribution in [3.05, 3.63) is 35.9 Å². The van der Waals surface area contributed by atoms with Crippen molar-refractivity contribution in [1.29, 1.82) is 0 Å². The number of ether oxygens (including phenoxy) is 1. The summed E-state index contributed by atoms with van der Waals surface area (Å²) in [6.45, 7) is 3.38. The van der Waals surface area contributed by atoms with Crippen LogP contribution in [0.25, 0.3) is 0 Å². The van der Waals surface area contributed by atoms with Crippen LogP contribution < -0.4 is 0 Å². The molecule has 94 valence electrons. The SMILES string of the molecule is CC(C)N1C(=O)OC(C(=O)c2ccccc2)C1=O. The van der Waals surface area contributed by atoms with Gasteiger partial charge in [0.2, 0.25) is 11.9 Å². The molecule has 18 heavy (non-hydrogen) atoms. The summed E-state index contributed by atoms with van der Waals surface area (Å²) < 4.78 is 4.85. The number of cyclic esters (lactones) is 1. The van der Waals surface area contributed by atoms with Crippen molar-refractivity contribution in [3.8, 4) is 0 Å². The summed E-state index contributed by atoms with van der Waals surface area (Å²) in [6, 6.07) is 7.99. The van der Waals surface area contributed by atoms with Gasteiger partial charge in [-0.2, -0.15) is 0 Å². The number of carbonyl (C=O) groups excluding carboxylic acids is 3. The summed E-state index contributed by atoms with van der Waals surface area (Å²) >= 11 is 0. The Bertz CT molecular complexity index is 495. The van der Waals surface area contributed by atoms with Crippen LogP contribution in [0.3, 0.4) is 0 Å². The first-order valence-corrected chi connectivity index (χ1v) is 5.65. The Morgan fingerprint density at radius 1 is 1.22 bits per heavy atom. The van der Waals surface area contributed by atoms with E-state index in [4.69, 9.17) is 4.74 Å². The van der Waals surface area contributed by atoms with E-state index in [1.165, 1.54) is 0 Å². The van der Waals surface area contributed by atoms with Crippen LogP contribution in [0.5, 0.6) is 0 Å². The predicted molar refractivity (Wildman–Crippen MR) is 63.0 cm³/mol. The van der Waals surface area contributed by atoms with Gasteiger partial charge in [-0.25, -0.2) is 9.69 Å². The van der Waals surface area contributed by atoms with Crippen molar-refractivity contribution in [2.45, 2.75) is 26.0 Å². The van der Waals surface area contributed by atoms with E-state index in [1.54, 1.807) is 44.2 Å². The first-order chi connectivity index (χ1) is 8.52. The van der Waals surface area contributed by atoms with Gasteiger partial charge in [-0.3, -0.25) is 9.59 Å². The maximum atomic E-state index is 12.0. The van der Waals surface area contributed by atoms with Gasteiger partial charge in [0.25, 0.3) is 5.91 Å². The number of benzene rings is 1. The molecule has 2 amide bonds. The molecule has 1 atom stereocenters. The van der Waals surface area contributed by atoms with Crippen molar-refractivity contribution >= 4 is 17.8 Å². The fourth-order valence-corrected chi connectivity index (χ4v) is 1.81. The van der Waals surface area contributed by atoms with Gasteiger partial charge in [-0.15, -0.1) is 0 Å². The van der Waals surface area contributed by atoms with Gasteiger partial charge in [0.1, 0.15) is 0 Å². The van der Waals surface area contributed by atoms with Crippen LogP contribution in [0, 0.1) is 0 Å². The lowest BCUT2D eigenvalue weighted by molar-refractivity contribution is -0.129. The average molecular weight is 247 g/mol. The van der Waals surface area contributed by atoms with Gasteiger partial charge < -0.3 is 4.74 Å². The monoisotopic (exact) mass is 247 g/mol. The molecule has 0 aliphatic carbocycles. The van der Waals surface area contributed by atoms with Gasteiger partial charge in [0.05, 0.1) is 0 Å². The number of hydrogen-bond donors (Lipinski definition) is 0. The molecule has 2 rings (SSSR count). The van der Waals surface area contributed by atoms with E-state index in [0.717, 1.165) is 4.90 Å². The molecule has 1 unspecified atom stereocenters. The minimum Gasteiger partial charge on any atom is -0.427 e. The summed E-state index contributed by atoms with van der Waals surface area (Å²) in [5, 5.41) is 0. The van der Waals surface area contributed by atoms with E-state index < -0.39 is 23.9 Å². The second-order valence-electron chi connectivity index (χ2n) is 4.30. The zero-order chi connectivity index (χ0) is 13.3. The van der Waals surface area contributed by atoms with E-state index in [2.05, 4.69) is 0 Å². The zero-order valence-electron chi connectivity index (χ0n) is 10.1. The van der Waals surface area contributed by atoms with Gasteiger partial charge in [-0.1, -0.05) is 30.3 Å². The highest BCUT2D eigenvalue weighted by Crippen LogP contribution is 2.19. The Kier molecular flexibility index (Phi) is 3.14. The highest BCUT2D eigenvalue weighted by atomic mass is 16.6. The lowest BCUT2D eigenvalue weighted by Gasteiger charge is -2.14. The third-order valence-electron chi connectivity index (χ3n) is 2.69. The molecule has 5 nitrogen and oxygen atoms in total. The molecule has 0 spiro atoms. The van der Waals surface area contributed by atoms with E-state index in [-0.39, 0.29) is 6.04 Å². The molecule has 1 fully saturated rings. The van der Waals surface area contributed by atoms with Crippen molar-refractivity contribution in [3.63, 3.8) is 0 Å². The highest BCUT2D eigenvalue weighted by molar-refractivity contribution is 6.18. The van der Waals surface area contributed by atoms with E-state index in [0.29, 0.717) is 5.56 Å². The topological polar surface area (TPSA) is 63.7 Å². The summed E-state index contributed by atoms with van der Waals surface area (Å²) in [5.41, 5.74) is 0.356. The zero-order valence-corrected chi connectivity index (χ0v) is 10.1. The molecule has 0 bridgehead atoms. The number of rotatable bonds is 3. The van der Waals surface area contributed by atoms with E-state index in [9.17, 15) is 14.4 Å². The third kappa shape index (κ3) is 1.99. The standard InChI is InChI=1S/C13H13NO4/c1-8(2)14-12(16)11(18-13(14)17)10(15)9-6-4-3-5-7-9/h3-8,11H,1-2H3. The Morgan fingerprint density at radius 3 is 2.33 bits per heavy atom. The number of nitrogens with zero attached hydrogens (tertiary/aromatic N) is 1. The van der Waals surface area contributed by atoms with Gasteiger partial charge in [0, 0.05) is 11.6 Å². The Morgan fingerprint density at radius 2 is 1.83 bits per heavy atom. The summed E-state index contributed by atoms with van der Waals surface area (Å²) in [4.78, 5) is 36.4. The molecule has 1 saturated heterocycles. The summed E-state index contributed by atoms with van der Waals surface area (Å²) in [7, 11) is 0. The second-order valence-corrected chi connectivity index (χ2v) is 4.30. The molecule has 5 heteroatoms. The Balaban J connectivity index is 2.24. The molecular formula is C13H13NO4. The fourth-order valence-electron chi connectivity index (χ4n) is 1.81. The van der Waals surface area contributed by atoms with Gasteiger partial charge >= 0.3 is 6.09 Å². The number of Topliss-reactive ketones (excluding diaryl/α,β-unsaturated/α-hetero) is 1. The normalized spacial score (nSPS) is 19.3. The minimum absolute atomic E-state index is 0.321. The summed E-state index contributed by atoms with van der Waals surface area (Å²) in [5.74, 6) is -1.08. The van der Waals surface area contributed by atoms with Crippen molar-refractivity contribution in [1.82, 2.24) is 4.90 Å². The Labute approximate surface area is 104 Å². The maximum Gasteiger partial charge on any atom is 0.418 e. The quantitative estimate of drug-likeness (QED) is 0.601. The number of imide groups is 1. The molecule has 0 aromatic heterocycles. The van der Waals surface area contributed by atoms with Crippen LogP contribution in [-0.2, 0) is 9.53 Å². The molecular weight excluding hydrogens is 234 g/mol. The van der Waals surface area contributed by atoms with Crippen LogP contribution in [0.1, 0.15) is 24.2 Å². The molecule has 1 aliphatic rings. The van der Waals surface area contributed by atoms with Crippen molar-refractivity contribution in [2.24, 2.45) is 0 Å². The molecule has 1 heterocycles. The molecule has 0 N–H and O–H groups in total. The number of hydrogen-bond acceptors (Lipinski definition) is 4. The number of carbonyl (C=O) groups is 3. The molecule has 1 aromatic carbocycles. The first-order valence-electron chi connectivity index (χ1n) is 5.65. The highest BCUT2D eigenvalue weighted by Gasteiger charge is 2.46. The molecule has 1 aromatic rings. The number of ketones is 1. The second kappa shape index (κ2) is 4.60. The van der Waals surface area contributed by atoms with Crippen LogP contribution >= 0.6 is 0 Å². The van der Waals surface area contributed by atoms with Gasteiger partial charge in [-0.05, 0) is 13.8 Å². The maximum absolute atomic E-state index is 12.0. The third-order valence-corrected chi connectivity index (χ3v) is 2.69. The lowest BCUT2D eigenvalue weighted by Crippen LogP contribution is -2.39. The lowest BCUT2D eigenvalue weighted by atomic mass is 10.1. The van der Waals surface area contributed by atoms with Gasteiger partial charge in [0.15, 0.2) is 0 Å². The largest absolute Gasteiger partial charge is 0.427 e. The number of amides is 2.